The number of hydrogen-bond donors (Lipinski definition) is 1. The molecule has 0 bridgehead atoms. The van der Waals surface area contributed by atoms with Crippen LogP contribution in [0.4, 0.5) is 0 Å². The van der Waals surface area contributed by atoms with Crippen molar-refractivity contribution < 1.29 is 9.53 Å². The number of hydrogen-bond acceptors (Lipinski definition) is 5. The molecule has 1 aliphatic rings. The van der Waals surface area contributed by atoms with E-state index in [0.29, 0.717) is 0 Å². The molecule has 1 unspecified atom stereocenters. The highest BCUT2D eigenvalue weighted by atomic mass is 79.9. The lowest BCUT2D eigenvalue weighted by Crippen LogP contribution is -2.57. The Labute approximate surface area is 118 Å². The van der Waals surface area contributed by atoms with Crippen LogP contribution in [0.15, 0.2) is 20.9 Å². The van der Waals surface area contributed by atoms with E-state index in [9.17, 15) is 4.79 Å². The maximum absolute atomic E-state index is 12.2. The third-order valence-electron chi connectivity index (χ3n) is 3.06. The highest BCUT2D eigenvalue weighted by Crippen LogP contribution is 2.39. The lowest BCUT2D eigenvalue weighted by Gasteiger charge is -2.38. The number of halogens is 1. The second-order valence-corrected chi connectivity index (χ2v) is 6.09. The monoisotopic (exact) mass is 331 g/mol. The molecule has 5 nitrogen and oxygen atoms in total. The molecular formula is C11H14BrN3O2S. The minimum atomic E-state index is -0.779. The number of carbonyl (C=O) groups is 1. The van der Waals surface area contributed by atoms with Crippen LogP contribution in [0.3, 0.4) is 0 Å². The number of thiophene rings is 1. The quantitative estimate of drug-likeness (QED) is 0.893. The second-order valence-electron chi connectivity index (χ2n) is 4.26. The van der Waals surface area contributed by atoms with Gasteiger partial charge in [-0.1, -0.05) is 0 Å². The second kappa shape index (κ2) is 4.64. The summed E-state index contributed by atoms with van der Waals surface area (Å²) in [4.78, 5) is 18.9. The fourth-order valence-electron chi connectivity index (χ4n) is 1.99. The first-order valence-electron chi connectivity index (χ1n) is 5.30. The van der Waals surface area contributed by atoms with Crippen molar-refractivity contribution in [2.75, 3.05) is 14.2 Å². The predicted molar refractivity (Wildman–Crippen MR) is 74.6 cm³/mol. The summed E-state index contributed by atoms with van der Waals surface area (Å²) >= 11 is 4.92. The maximum Gasteiger partial charge on any atom is 0.261 e. The largest absolute Gasteiger partial charge is 0.369 e. The molecule has 0 spiro atoms. The first-order chi connectivity index (χ1) is 8.40. The molecule has 2 N–H and O–H groups in total. The Kier molecular flexibility index (Phi) is 3.48. The van der Waals surface area contributed by atoms with E-state index in [1.165, 1.54) is 23.3 Å². The molecule has 1 aromatic rings. The van der Waals surface area contributed by atoms with Crippen LogP contribution in [0.1, 0.15) is 11.8 Å². The molecule has 18 heavy (non-hydrogen) atoms. The van der Waals surface area contributed by atoms with Crippen LogP contribution in [0.2, 0.25) is 0 Å². The molecule has 0 aromatic carbocycles. The molecule has 98 valence electrons. The van der Waals surface area contributed by atoms with E-state index in [2.05, 4.69) is 20.9 Å². The van der Waals surface area contributed by atoms with Crippen molar-refractivity contribution in [3.8, 4) is 0 Å². The van der Waals surface area contributed by atoms with Crippen LogP contribution in [-0.4, -0.2) is 37.0 Å². The summed E-state index contributed by atoms with van der Waals surface area (Å²) in [6, 6.07) is 1.94. The summed E-state index contributed by atoms with van der Waals surface area (Å²) in [5.41, 5.74) is 5.02. The van der Waals surface area contributed by atoms with Crippen LogP contribution < -0.4 is 5.73 Å². The molecule has 0 aliphatic carbocycles. The molecule has 0 saturated carbocycles. The molecule has 2 rings (SSSR count). The number of amides is 1. The van der Waals surface area contributed by atoms with Crippen LogP contribution >= 0.6 is 27.3 Å². The molecule has 1 aromatic heterocycles. The third-order valence-corrected chi connectivity index (χ3v) is 4.98. The summed E-state index contributed by atoms with van der Waals surface area (Å²) in [6.45, 7) is 1.86. The molecule has 0 fully saturated rings. The molecule has 2 atom stereocenters. The van der Waals surface area contributed by atoms with Gasteiger partial charge in [-0.2, -0.15) is 0 Å². The van der Waals surface area contributed by atoms with Crippen LogP contribution in [0.25, 0.3) is 0 Å². The van der Waals surface area contributed by atoms with E-state index in [0.717, 1.165) is 9.35 Å². The van der Waals surface area contributed by atoms with Gasteiger partial charge < -0.3 is 10.5 Å². The van der Waals surface area contributed by atoms with E-state index in [1.54, 1.807) is 7.05 Å². The number of rotatable bonds is 2. The van der Waals surface area contributed by atoms with Crippen molar-refractivity contribution >= 4 is 39.1 Å². The van der Waals surface area contributed by atoms with Crippen molar-refractivity contribution in [2.24, 2.45) is 10.7 Å². The number of nitrogens with two attached hydrogens (primary N) is 1. The van der Waals surface area contributed by atoms with Gasteiger partial charge in [0, 0.05) is 28.9 Å². The van der Waals surface area contributed by atoms with Gasteiger partial charge in [0.25, 0.3) is 5.91 Å². The number of methoxy groups -OCH3 is 1. The van der Waals surface area contributed by atoms with Crippen molar-refractivity contribution in [1.82, 2.24) is 4.90 Å². The highest BCUT2D eigenvalue weighted by molar-refractivity contribution is 9.10. The van der Waals surface area contributed by atoms with Gasteiger partial charge in [-0.3, -0.25) is 9.69 Å². The summed E-state index contributed by atoms with van der Waals surface area (Å²) in [5.74, 6) is 0.0253. The lowest BCUT2D eigenvalue weighted by atomic mass is 9.91. The maximum atomic E-state index is 12.2. The normalized spacial score (nSPS) is 28.4. The average Bonchev–Trinajstić information content (AvgIpc) is 2.74. The minimum Gasteiger partial charge on any atom is -0.369 e. The SMILES string of the molecule is COC1C(=O)N(C)C(N)=N[C@]1(C)c1cc(Br)cs1. The lowest BCUT2D eigenvalue weighted by molar-refractivity contribution is -0.142. The van der Waals surface area contributed by atoms with Crippen molar-refractivity contribution in [3.63, 3.8) is 0 Å². The number of ether oxygens (including phenoxy) is 1. The van der Waals surface area contributed by atoms with E-state index in [4.69, 9.17) is 10.5 Å². The molecular weight excluding hydrogens is 318 g/mol. The highest BCUT2D eigenvalue weighted by Gasteiger charge is 2.47. The Morgan fingerprint density at radius 1 is 1.67 bits per heavy atom. The predicted octanol–water partition coefficient (Wildman–Crippen LogP) is 1.53. The van der Waals surface area contributed by atoms with Gasteiger partial charge >= 0.3 is 0 Å². The number of likely N-dealkylation sites (N-methyl/N-ethyl adjacent to an activating group) is 1. The Bertz CT molecular complexity index is 516. The van der Waals surface area contributed by atoms with Gasteiger partial charge in [-0.05, 0) is 28.9 Å². The first-order valence-corrected chi connectivity index (χ1v) is 6.97. The number of aliphatic imine (C=N–C) groups is 1. The molecule has 7 heteroatoms. The standard InChI is InChI=1S/C11H14BrN3O2S/c1-11(7-4-6(12)5-18-7)8(17-3)9(16)15(2)10(13)14-11/h4-5,8H,1-3H3,(H2,13,14)/t8?,11-/m1/s1. The zero-order chi connectivity index (χ0) is 13.5. The summed E-state index contributed by atoms with van der Waals surface area (Å²) in [5, 5.41) is 1.95. The van der Waals surface area contributed by atoms with Crippen LogP contribution in [0, 0.1) is 0 Å². The van der Waals surface area contributed by atoms with Gasteiger partial charge in [0.2, 0.25) is 0 Å². The number of nitrogens with zero attached hydrogens (tertiary/aromatic N) is 2. The minimum absolute atomic E-state index is 0.183. The number of guanidine groups is 1. The molecule has 2 heterocycles. The smallest absolute Gasteiger partial charge is 0.261 e. The number of carbonyl (C=O) groups excluding carboxylic acids is 1. The molecule has 1 aliphatic heterocycles. The van der Waals surface area contributed by atoms with Gasteiger partial charge in [-0.25, -0.2) is 4.99 Å². The van der Waals surface area contributed by atoms with Gasteiger partial charge in [0.1, 0.15) is 5.54 Å². The van der Waals surface area contributed by atoms with E-state index < -0.39 is 11.6 Å². The fraction of sp³-hybridized carbons (Fsp3) is 0.455. The first kappa shape index (κ1) is 13.5. The fourth-order valence-corrected chi connectivity index (χ4v) is 3.55. The molecule has 0 radical (unpaired) electrons. The average molecular weight is 332 g/mol. The van der Waals surface area contributed by atoms with Gasteiger partial charge in [-0.15, -0.1) is 11.3 Å². The van der Waals surface area contributed by atoms with E-state index >= 15 is 0 Å². The van der Waals surface area contributed by atoms with Gasteiger partial charge in [0.05, 0.1) is 0 Å². The van der Waals surface area contributed by atoms with Crippen molar-refractivity contribution in [3.05, 3.63) is 20.8 Å². The van der Waals surface area contributed by atoms with Crippen molar-refractivity contribution in [1.29, 1.82) is 0 Å². The van der Waals surface area contributed by atoms with E-state index in [1.807, 2.05) is 18.4 Å². The van der Waals surface area contributed by atoms with Crippen LogP contribution in [-0.2, 0) is 15.1 Å². The Morgan fingerprint density at radius 2 is 2.33 bits per heavy atom. The summed E-state index contributed by atoms with van der Waals surface area (Å²) < 4.78 is 6.30. The topological polar surface area (TPSA) is 67.9 Å². The third kappa shape index (κ3) is 1.96. The summed E-state index contributed by atoms with van der Waals surface area (Å²) in [6.07, 6.45) is -0.666. The van der Waals surface area contributed by atoms with Gasteiger partial charge in [0.15, 0.2) is 12.1 Å². The van der Waals surface area contributed by atoms with E-state index in [-0.39, 0.29) is 11.9 Å². The Hall–Kier alpha value is -0.920. The molecule has 1 amide bonds. The zero-order valence-corrected chi connectivity index (χ0v) is 12.7. The van der Waals surface area contributed by atoms with Crippen LogP contribution in [0.5, 0.6) is 0 Å². The zero-order valence-electron chi connectivity index (χ0n) is 10.3. The van der Waals surface area contributed by atoms with Crippen molar-refractivity contribution in [2.45, 2.75) is 18.6 Å². The Morgan fingerprint density at radius 3 is 2.83 bits per heavy atom. The Balaban J connectivity index is 2.55. The summed E-state index contributed by atoms with van der Waals surface area (Å²) in [7, 11) is 3.10. The molecule has 0 saturated heterocycles.